The number of aliphatic carboxylic acids is 1. The largest absolute Gasteiger partial charge is 0.504 e. The first-order valence-corrected chi connectivity index (χ1v) is 6.92. The molecule has 0 bridgehead atoms. The number of carbonyl (C=O) groups excluding carboxylic acids is 1. The molecule has 114 valence electrons. The molecule has 6 nitrogen and oxygen atoms in total. The van der Waals surface area contributed by atoms with E-state index in [1.807, 2.05) is 6.92 Å². The van der Waals surface area contributed by atoms with Crippen molar-refractivity contribution < 1.29 is 24.9 Å². The van der Waals surface area contributed by atoms with E-state index in [9.17, 15) is 24.9 Å². The number of amides is 1. The van der Waals surface area contributed by atoms with E-state index in [2.05, 4.69) is 5.32 Å². The molecule has 6 heteroatoms. The lowest BCUT2D eigenvalue weighted by molar-refractivity contribution is -0.146. The van der Waals surface area contributed by atoms with Crippen LogP contribution in [0.1, 0.15) is 43.0 Å². The molecule has 0 radical (unpaired) electrons. The van der Waals surface area contributed by atoms with Crippen LogP contribution in [0.25, 0.3) is 0 Å². The zero-order chi connectivity index (χ0) is 15.6. The average molecular weight is 293 g/mol. The lowest BCUT2D eigenvalue weighted by Gasteiger charge is -2.37. The normalized spacial score (nSPS) is 25.3. The van der Waals surface area contributed by atoms with Gasteiger partial charge in [-0.3, -0.25) is 4.79 Å². The quantitative estimate of drug-likeness (QED) is 0.636. The molecule has 1 aliphatic rings. The maximum absolute atomic E-state index is 12.3. The van der Waals surface area contributed by atoms with Crippen molar-refractivity contribution in [1.29, 1.82) is 0 Å². The molecule has 0 saturated heterocycles. The summed E-state index contributed by atoms with van der Waals surface area (Å²) >= 11 is 0. The highest BCUT2D eigenvalue weighted by molar-refractivity contribution is 6.00. The molecule has 1 amide bonds. The molecule has 4 N–H and O–H groups in total. The number of carboxylic acid groups (broad SMARTS) is 1. The molecule has 2 rings (SSSR count). The molecule has 1 saturated carbocycles. The van der Waals surface area contributed by atoms with Crippen molar-refractivity contribution in [2.75, 3.05) is 0 Å². The monoisotopic (exact) mass is 293 g/mol. The van der Waals surface area contributed by atoms with Crippen LogP contribution in [0.4, 0.5) is 0 Å². The van der Waals surface area contributed by atoms with Gasteiger partial charge in [0.2, 0.25) is 0 Å². The molecule has 0 spiro atoms. The first-order valence-electron chi connectivity index (χ1n) is 6.92. The lowest BCUT2D eigenvalue weighted by atomic mass is 9.76. The third-order valence-corrected chi connectivity index (χ3v) is 4.02. The van der Waals surface area contributed by atoms with Crippen LogP contribution < -0.4 is 5.32 Å². The molecule has 21 heavy (non-hydrogen) atoms. The Bertz CT molecular complexity index is 571. The molecule has 1 fully saturated rings. The van der Waals surface area contributed by atoms with Crippen LogP contribution in [0.3, 0.4) is 0 Å². The van der Waals surface area contributed by atoms with Crippen LogP contribution in [0, 0.1) is 5.92 Å². The molecule has 1 aromatic rings. The third kappa shape index (κ3) is 2.94. The van der Waals surface area contributed by atoms with Crippen molar-refractivity contribution in [3.05, 3.63) is 23.8 Å². The van der Waals surface area contributed by atoms with E-state index in [1.165, 1.54) is 18.2 Å². The molecular weight excluding hydrogens is 274 g/mol. The molecule has 0 aliphatic heterocycles. The maximum Gasteiger partial charge on any atom is 0.329 e. The fraction of sp³-hybridized carbons (Fsp3) is 0.467. The number of carbonyl (C=O) groups is 2. The van der Waals surface area contributed by atoms with Crippen LogP contribution in [-0.2, 0) is 4.79 Å². The van der Waals surface area contributed by atoms with Crippen LogP contribution in [0.5, 0.6) is 11.5 Å². The van der Waals surface area contributed by atoms with Crippen LogP contribution in [-0.4, -0.2) is 32.7 Å². The number of hydrogen-bond acceptors (Lipinski definition) is 4. The number of hydrogen-bond donors (Lipinski definition) is 4. The van der Waals surface area contributed by atoms with E-state index >= 15 is 0 Å². The summed E-state index contributed by atoms with van der Waals surface area (Å²) in [4.78, 5) is 23.9. The minimum atomic E-state index is -1.31. The van der Waals surface area contributed by atoms with Crippen molar-refractivity contribution in [2.24, 2.45) is 5.92 Å². The number of phenols is 2. The summed E-state index contributed by atoms with van der Waals surface area (Å²) in [5.41, 5.74) is -1.44. The van der Waals surface area contributed by atoms with Gasteiger partial charge >= 0.3 is 5.97 Å². The number of carboxylic acids is 1. The Balaban J connectivity index is 2.27. The summed E-state index contributed by atoms with van der Waals surface area (Å²) in [5.74, 6) is -2.52. The van der Waals surface area contributed by atoms with E-state index in [4.69, 9.17) is 0 Å². The van der Waals surface area contributed by atoms with Crippen molar-refractivity contribution >= 4 is 11.9 Å². The first-order chi connectivity index (χ1) is 9.85. The van der Waals surface area contributed by atoms with Gasteiger partial charge in [-0.05, 0) is 30.9 Å². The second kappa shape index (κ2) is 5.63. The van der Waals surface area contributed by atoms with Crippen LogP contribution >= 0.6 is 0 Å². The highest BCUT2D eigenvalue weighted by Gasteiger charge is 2.43. The molecular formula is C15H19NO5. The summed E-state index contributed by atoms with van der Waals surface area (Å²) in [6, 6.07) is 4.01. The lowest BCUT2D eigenvalue weighted by Crippen LogP contribution is -2.56. The molecule has 1 aliphatic carbocycles. The maximum atomic E-state index is 12.3. The van der Waals surface area contributed by atoms with Crippen LogP contribution in [0.15, 0.2) is 18.2 Å². The van der Waals surface area contributed by atoms with Gasteiger partial charge in [0.15, 0.2) is 11.5 Å². The smallest absolute Gasteiger partial charge is 0.329 e. The molecule has 2 unspecified atom stereocenters. The van der Waals surface area contributed by atoms with Crippen molar-refractivity contribution in [3.63, 3.8) is 0 Å². The average Bonchev–Trinajstić information content (AvgIpc) is 2.41. The van der Waals surface area contributed by atoms with Gasteiger partial charge < -0.3 is 20.6 Å². The van der Waals surface area contributed by atoms with Crippen LogP contribution in [0.2, 0.25) is 0 Å². The second-order valence-corrected chi connectivity index (χ2v) is 5.72. The highest BCUT2D eigenvalue weighted by atomic mass is 16.4. The number of para-hydroxylation sites is 1. The first kappa shape index (κ1) is 15.2. The molecule has 2 atom stereocenters. The number of benzene rings is 1. The summed E-state index contributed by atoms with van der Waals surface area (Å²) < 4.78 is 0. The van der Waals surface area contributed by atoms with Gasteiger partial charge in [-0.25, -0.2) is 4.79 Å². The van der Waals surface area contributed by atoms with Gasteiger partial charge in [0.1, 0.15) is 5.54 Å². The summed E-state index contributed by atoms with van der Waals surface area (Å²) in [6.45, 7) is 1.95. The van der Waals surface area contributed by atoms with Crippen molar-refractivity contribution in [1.82, 2.24) is 5.32 Å². The van der Waals surface area contributed by atoms with E-state index in [1.54, 1.807) is 0 Å². The zero-order valence-electron chi connectivity index (χ0n) is 11.8. The standard InChI is InChI=1S/C15H19NO5/c1-9-4-3-7-15(8-9,14(20)21)16-13(19)10-5-2-6-11(17)12(10)18/h2,5-6,9,17-18H,3-4,7-8H2,1H3,(H,16,19)(H,20,21). The van der Waals surface area contributed by atoms with Crippen molar-refractivity contribution in [3.8, 4) is 11.5 Å². The van der Waals surface area contributed by atoms with Gasteiger partial charge in [-0.2, -0.15) is 0 Å². The van der Waals surface area contributed by atoms with Gasteiger partial charge in [0.25, 0.3) is 5.91 Å². The summed E-state index contributed by atoms with van der Waals surface area (Å²) in [5, 5.41) is 31.2. The fourth-order valence-corrected chi connectivity index (χ4v) is 2.91. The number of rotatable bonds is 3. The highest BCUT2D eigenvalue weighted by Crippen LogP contribution is 2.34. The van der Waals surface area contributed by atoms with E-state index in [-0.39, 0.29) is 11.5 Å². The Morgan fingerprint density at radius 2 is 2.05 bits per heavy atom. The van der Waals surface area contributed by atoms with Gasteiger partial charge in [0.05, 0.1) is 5.56 Å². The Kier molecular flexibility index (Phi) is 4.06. The second-order valence-electron chi connectivity index (χ2n) is 5.72. The molecule has 0 aromatic heterocycles. The van der Waals surface area contributed by atoms with E-state index in [0.29, 0.717) is 12.8 Å². The Morgan fingerprint density at radius 1 is 1.33 bits per heavy atom. The minimum Gasteiger partial charge on any atom is -0.504 e. The Hall–Kier alpha value is -2.24. The number of phenolic OH excluding ortho intramolecular Hbond substituents is 2. The van der Waals surface area contributed by atoms with Crippen molar-refractivity contribution in [2.45, 2.75) is 38.1 Å². The molecule has 0 heterocycles. The van der Waals surface area contributed by atoms with Gasteiger partial charge in [-0.1, -0.05) is 25.8 Å². The Labute approximate surface area is 122 Å². The SMILES string of the molecule is CC1CCCC(NC(=O)c2cccc(O)c2O)(C(=O)O)C1. The number of aromatic hydroxyl groups is 2. The fourth-order valence-electron chi connectivity index (χ4n) is 2.91. The van der Waals surface area contributed by atoms with Gasteiger partial charge in [-0.15, -0.1) is 0 Å². The minimum absolute atomic E-state index is 0.131. The third-order valence-electron chi connectivity index (χ3n) is 4.02. The summed E-state index contributed by atoms with van der Waals surface area (Å²) in [7, 11) is 0. The van der Waals surface area contributed by atoms with Gasteiger partial charge in [0, 0.05) is 0 Å². The molecule has 1 aromatic carbocycles. The predicted octanol–water partition coefficient (Wildman–Crippen LogP) is 1.86. The Morgan fingerprint density at radius 3 is 2.67 bits per heavy atom. The van der Waals surface area contributed by atoms with E-state index in [0.717, 1.165) is 12.8 Å². The topological polar surface area (TPSA) is 107 Å². The zero-order valence-corrected chi connectivity index (χ0v) is 11.8. The predicted molar refractivity (Wildman–Crippen MR) is 75.2 cm³/mol. The summed E-state index contributed by atoms with van der Waals surface area (Å²) in [6.07, 6.45) is 2.37. The number of nitrogens with one attached hydrogen (secondary N) is 1. The van der Waals surface area contributed by atoms with E-state index < -0.39 is 28.9 Å².